The first-order valence-corrected chi connectivity index (χ1v) is 6.74. The van der Waals surface area contributed by atoms with E-state index in [0.29, 0.717) is 11.3 Å². The second-order valence-corrected chi connectivity index (χ2v) is 6.14. The molecule has 0 saturated heterocycles. The molecule has 2 unspecified atom stereocenters. The quantitative estimate of drug-likeness (QED) is 0.753. The van der Waals surface area contributed by atoms with Gasteiger partial charge in [-0.2, -0.15) is 11.8 Å². The highest BCUT2D eigenvalue weighted by Gasteiger charge is 2.44. The Morgan fingerprint density at radius 2 is 2.33 bits per heavy atom. The lowest BCUT2D eigenvalue weighted by molar-refractivity contribution is -0.124. The second kappa shape index (κ2) is 5.21. The lowest BCUT2D eigenvalue weighted by atomic mass is 9.96. The van der Waals surface area contributed by atoms with Crippen LogP contribution in [-0.4, -0.2) is 28.5 Å². The summed E-state index contributed by atoms with van der Waals surface area (Å²) in [5.41, 5.74) is 5.09. The summed E-state index contributed by atoms with van der Waals surface area (Å²) < 4.78 is 0. The zero-order valence-electron chi connectivity index (χ0n) is 9.88. The zero-order chi connectivity index (χ0) is 11.5. The maximum atomic E-state index is 11.6. The molecule has 88 valence electrons. The van der Waals surface area contributed by atoms with Crippen molar-refractivity contribution in [2.24, 2.45) is 5.73 Å². The van der Waals surface area contributed by atoms with Crippen LogP contribution in [-0.2, 0) is 4.79 Å². The van der Waals surface area contributed by atoms with Crippen LogP contribution < -0.4 is 11.1 Å². The first kappa shape index (κ1) is 12.8. The van der Waals surface area contributed by atoms with Crippen molar-refractivity contribution in [1.82, 2.24) is 5.32 Å². The van der Waals surface area contributed by atoms with E-state index in [-0.39, 0.29) is 5.91 Å². The van der Waals surface area contributed by atoms with E-state index in [1.54, 1.807) is 0 Å². The molecule has 15 heavy (non-hydrogen) atoms. The van der Waals surface area contributed by atoms with Gasteiger partial charge in [-0.15, -0.1) is 0 Å². The van der Waals surface area contributed by atoms with Crippen LogP contribution in [0, 0.1) is 0 Å². The summed E-state index contributed by atoms with van der Waals surface area (Å²) in [7, 11) is 0. The number of thioether (sulfide) groups is 1. The number of hydrogen-bond acceptors (Lipinski definition) is 3. The van der Waals surface area contributed by atoms with Crippen LogP contribution in [0.3, 0.4) is 0 Å². The predicted octanol–water partition coefficient (Wildman–Crippen LogP) is 1.51. The second-order valence-electron chi connectivity index (χ2n) is 4.57. The molecule has 2 atom stereocenters. The number of primary amides is 1. The van der Waals surface area contributed by atoms with Crippen molar-refractivity contribution < 1.29 is 4.79 Å². The van der Waals surface area contributed by atoms with Crippen molar-refractivity contribution in [3.05, 3.63) is 0 Å². The van der Waals surface area contributed by atoms with Gasteiger partial charge in [-0.05, 0) is 38.9 Å². The number of carbonyl (C=O) groups excluding carboxylic acids is 1. The molecule has 1 aliphatic carbocycles. The first-order valence-electron chi connectivity index (χ1n) is 5.69. The van der Waals surface area contributed by atoms with Gasteiger partial charge < -0.3 is 11.1 Å². The van der Waals surface area contributed by atoms with E-state index in [0.717, 1.165) is 25.0 Å². The normalized spacial score (nSPS) is 31.1. The SMILES string of the molecule is CCSC1CCC(NC(C)C)(C(N)=O)C1. The molecule has 0 aromatic carbocycles. The smallest absolute Gasteiger partial charge is 0.237 e. The summed E-state index contributed by atoms with van der Waals surface area (Å²) in [6.07, 6.45) is 2.87. The first-order chi connectivity index (χ1) is 7.00. The number of nitrogens with two attached hydrogens (primary N) is 1. The van der Waals surface area contributed by atoms with Gasteiger partial charge in [-0.3, -0.25) is 4.79 Å². The lowest BCUT2D eigenvalue weighted by Crippen LogP contribution is -2.56. The topological polar surface area (TPSA) is 55.1 Å². The van der Waals surface area contributed by atoms with Crippen LogP contribution in [0.15, 0.2) is 0 Å². The highest BCUT2D eigenvalue weighted by atomic mass is 32.2. The summed E-state index contributed by atoms with van der Waals surface area (Å²) in [6, 6.07) is 0.308. The van der Waals surface area contributed by atoms with Gasteiger partial charge in [-0.1, -0.05) is 6.92 Å². The van der Waals surface area contributed by atoms with Crippen LogP contribution in [0.4, 0.5) is 0 Å². The Bertz CT molecular complexity index is 233. The molecule has 0 aliphatic heterocycles. The summed E-state index contributed by atoms with van der Waals surface area (Å²) in [4.78, 5) is 11.6. The van der Waals surface area contributed by atoms with Crippen LogP contribution in [0.25, 0.3) is 0 Å². The highest BCUT2D eigenvalue weighted by Crippen LogP contribution is 2.37. The van der Waals surface area contributed by atoms with Crippen molar-refractivity contribution in [2.45, 2.75) is 56.9 Å². The molecule has 0 spiro atoms. The van der Waals surface area contributed by atoms with Gasteiger partial charge in [0.15, 0.2) is 0 Å². The Balaban J connectivity index is 2.65. The summed E-state index contributed by atoms with van der Waals surface area (Å²) >= 11 is 1.94. The fourth-order valence-corrected chi connectivity index (χ4v) is 3.52. The van der Waals surface area contributed by atoms with E-state index in [1.807, 2.05) is 11.8 Å². The zero-order valence-corrected chi connectivity index (χ0v) is 10.7. The molecule has 0 aromatic rings. The van der Waals surface area contributed by atoms with Crippen molar-refractivity contribution in [3.8, 4) is 0 Å². The van der Waals surface area contributed by atoms with E-state index in [1.165, 1.54) is 0 Å². The van der Waals surface area contributed by atoms with Gasteiger partial charge in [0.05, 0.1) is 5.54 Å². The summed E-state index contributed by atoms with van der Waals surface area (Å²) in [5.74, 6) is 0.927. The number of hydrogen-bond donors (Lipinski definition) is 2. The van der Waals surface area contributed by atoms with Gasteiger partial charge in [0.2, 0.25) is 5.91 Å². The van der Waals surface area contributed by atoms with Gasteiger partial charge in [-0.25, -0.2) is 0 Å². The molecule has 3 N–H and O–H groups in total. The van der Waals surface area contributed by atoms with E-state index in [2.05, 4.69) is 26.1 Å². The molecule has 0 aromatic heterocycles. The average molecular weight is 230 g/mol. The largest absolute Gasteiger partial charge is 0.368 e. The molecule has 0 heterocycles. The Kier molecular flexibility index (Phi) is 4.46. The summed E-state index contributed by atoms with van der Waals surface area (Å²) in [6.45, 7) is 6.28. The Labute approximate surface area is 96.6 Å². The fraction of sp³-hybridized carbons (Fsp3) is 0.909. The number of nitrogens with one attached hydrogen (secondary N) is 1. The number of carbonyl (C=O) groups is 1. The van der Waals surface area contributed by atoms with E-state index < -0.39 is 5.54 Å². The maximum Gasteiger partial charge on any atom is 0.237 e. The number of amides is 1. The molecule has 3 nitrogen and oxygen atoms in total. The monoisotopic (exact) mass is 230 g/mol. The third kappa shape index (κ3) is 3.11. The molecule has 0 radical (unpaired) electrons. The lowest BCUT2D eigenvalue weighted by Gasteiger charge is -2.29. The van der Waals surface area contributed by atoms with Crippen LogP contribution in [0.2, 0.25) is 0 Å². The molecule has 1 amide bonds. The molecule has 0 bridgehead atoms. The van der Waals surface area contributed by atoms with Crippen molar-refractivity contribution in [1.29, 1.82) is 0 Å². The number of rotatable bonds is 5. The highest BCUT2D eigenvalue weighted by molar-refractivity contribution is 7.99. The molecular formula is C11H22N2OS. The summed E-state index contributed by atoms with van der Waals surface area (Å²) in [5, 5.41) is 3.95. The Morgan fingerprint density at radius 3 is 2.80 bits per heavy atom. The minimum Gasteiger partial charge on any atom is -0.368 e. The molecule has 1 rings (SSSR count). The van der Waals surface area contributed by atoms with Gasteiger partial charge in [0, 0.05) is 11.3 Å². The Hall–Kier alpha value is -0.220. The maximum absolute atomic E-state index is 11.6. The van der Waals surface area contributed by atoms with Crippen LogP contribution >= 0.6 is 11.8 Å². The van der Waals surface area contributed by atoms with Gasteiger partial charge in [0.1, 0.15) is 0 Å². The third-order valence-corrected chi connectivity index (χ3v) is 4.12. The van der Waals surface area contributed by atoms with E-state index in [4.69, 9.17) is 5.73 Å². The molecule has 1 aliphatic rings. The molecular weight excluding hydrogens is 208 g/mol. The molecule has 1 fully saturated rings. The van der Waals surface area contributed by atoms with Crippen LogP contribution in [0.5, 0.6) is 0 Å². The van der Waals surface area contributed by atoms with Gasteiger partial charge >= 0.3 is 0 Å². The van der Waals surface area contributed by atoms with Crippen molar-refractivity contribution in [2.75, 3.05) is 5.75 Å². The Morgan fingerprint density at radius 1 is 1.67 bits per heavy atom. The minimum atomic E-state index is -0.443. The van der Waals surface area contributed by atoms with E-state index >= 15 is 0 Å². The van der Waals surface area contributed by atoms with Crippen molar-refractivity contribution >= 4 is 17.7 Å². The van der Waals surface area contributed by atoms with Crippen molar-refractivity contribution in [3.63, 3.8) is 0 Å². The molecule has 1 saturated carbocycles. The minimum absolute atomic E-state index is 0.185. The third-order valence-electron chi connectivity index (χ3n) is 2.91. The standard InChI is InChI=1S/C11H22N2OS/c1-4-15-9-5-6-11(7-9,10(12)14)13-8(2)3/h8-9,13H,4-7H2,1-3H3,(H2,12,14). The van der Waals surface area contributed by atoms with Crippen LogP contribution in [0.1, 0.15) is 40.0 Å². The molecule has 4 heteroatoms. The average Bonchev–Trinajstić information content (AvgIpc) is 2.49. The predicted molar refractivity (Wildman–Crippen MR) is 66.0 cm³/mol. The fourth-order valence-electron chi connectivity index (χ4n) is 2.36. The van der Waals surface area contributed by atoms with E-state index in [9.17, 15) is 4.79 Å². The van der Waals surface area contributed by atoms with Gasteiger partial charge in [0.25, 0.3) is 0 Å².